The minimum atomic E-state index is -0.283. The minimum absolute atomic E-state index is 0.280. The molecule has 28 heavy (non-hydrogen) atoms. The van der Waals surface area contributed by atoms with E-state index in [0.717, 1.165) is 22.5 Å². The van der Waals surface area contributed by atoms with Crippen LogP contribution >= 0.6 is 0 Å². The van der Waals surface area contributed by atoms with Crippen molar-refractivity contribution < 1.29 is 9.53 Å². The summed E-state index contributed by atoms with van der Waals surface area (Å²) in [5.74, 6) is 1.02. The summed E-state index contributed by atoms with van der Waals surface area (Å²) in [6, 6.07) is 15.1. The summed E-state index contributed by atoms with van der Waals surface area (Å²) in [7, 11) is 1.60. The molecule has 3 rings (SSSR count). The van der Waals surface area contributed by atoms with E-state index < -0.39 is 0 Å². The first-order valence-electron chi connectivity index (χ1n) is 9.13. The SMILES string of the molecule is COc1ccc(C)cc1Nc1nccc(C(=O)Nc2ccccc2C(C)C)n1. The van der Waals surface area contributed by atoms with Gasteiger partial charge in [0, 0.05) is 11.9 Å². The van der Waals surface area contributed by atoms with Crippen LogP contribution < -0.4 is 15.4 Å². The largest absolute Gasteiger partial charge is 0.495 e. The number of nitrogens with one attached hydrogen (secondary N) is 2. The zero-order chi connectivity index (χ0) is 20.1. The molecule has 6 nitrogen and oxygen atoms in total. The molecule has 0 atom stereocenters. The summed E-state index contributed by atoms with van der Waals surface area (Å²) >= 11 is 0. The van der Waals surface area contributed by atoms with Crippen molar-refractivity contribution in [2.75, 3.05) is 17.7 Å². The van der Waals surface area contributed by atoms with Crippen molar-refractivity contribution in [2.45, 2.75) is 26.7 Å². The molecule has 3 aromatic rings. The number of para-hydroxylation sites is 1. The molecule has 0 aliphatic rings. The van der Waals surface area contributed by atoms with Crippen LogP contribution in [0.2, 0.25) is 0 Å². The van der Waals surface area contributed by atoms with Crippen molar-refractivity contribution in [2.24, 2.45) is 0 Å². The van der Waals surface area contributed by atoms with Crippen LogP contribution in [0.3, 0.4) is 0 Å². The van der Waals surface area contributed by atoms with E-state index in [4.69, 9.17) is 4.74 Å². The molecule has 0 aliphatic heterocycles. The van der Waals surface area contributed by atoms with Crippen molar-refractivity contribution in [1.29, 1.82) is 0 Å². The van der Waals surface area contributed by atoms with Gasteiger partial charge in [-0.1, -0.05) is 38.1 Å². The molecular weight excluding hydrogens is 352 g/mol. The van der Waals surface area contributed by atoms with E-state index in [0.29, 0.717) is 17.6 Å². The van der Waals surface area contributed by atoms with Gasteiger partial charge in [0.05, 0.1) is 12.8 Å². The van der Waals surface area contributed by atoms with E-state index in [1.807, 2.05) is 49.4 Å². The lowest BCUT2D eigenvalue weighted by Crippen LogP contribution is -2.16. The van der Waals surface area contributed by atoms with Gasteiger partial charge in [0.15, 0.2) is 0 Å². The Morgan fingerprint density at radius 3 is 2.61 bits per heavy atom. The number of nitrogens with zero attached hydrogens (tertiary/aromatic N) is 2. The second-order valence-electron chi connectivity index (χ2n) is 6.79. The van der Waals surface area contributed by atoms with Crippen LogP contribution in [0, 0.1) is 6.92 Å². The fourth-order valence-electron chi connectivity index (χ4n) is 2.89. The number of anilines is 3. The van der Waals surface area contributed by atoms with Gasteiger partial charge < -0.3 is 15.4 Å². The van der Waals surface area contributed by atoms with E-state index in [9.17, 15) is 4.79 Å². The van der Waals surface area contributed by atoms with Crippen LogP contribution in [0.25, 0.3) is 0 Å². The molecule has 0 spiro atoms. The van der Waals surface area contributed by atoms with Gasteiger partial charge in [-0.3, -0.25) is 4.79 Å². The Morgan fingerprint density at radius 2 is 1.86 bits per heavy atom. The minimum Gasteiger partial charge on any atom is -0.495 e. The average Bonchev–Trinajstić information content (AvgIpc) is 2.68. The number of amides is 1. The van der Waals surface area contributed by atoms with Gasteiger partial charge in [-0.25, -0.2) is 9.97 Å². The van der Waals surface area contributed by atoms with E-state index in [1.54, 1.807) is 19.4 Å². The number of carbonyl (C=O) groups is 1. The summed E-state index contributed by atoms with van der Waals surface area (Å²) in [6.07, 6.45) is 1.56. The predicted molar refractivity (Wildman–Crippen MR) is 112 cm³/mol. The molecule has 2 N–H and O–H groups in total. The average molecular weight is 376 g/mol. The molecule has 0 saturated heterocycles. The molecule has 0 unspecified atom stereocenters. The zero-order valence-corrected chi connectivity index (χ0v) is 16.5. The van der Waals surface area contributed by atoms with Gasteiger partial charge in [0.2, 0.25) is 5.95 Å². The number of hydrogen-bond acceptors (Lipinski definition) is 5. The highest BCUT2D eigenvalue weighted by Crippen LogP contribution is 2.27. The number of methoxy groups -OCH3 is 1. The fraction of sp³-hybridized carbons (Fsp3) is 0.227. The normalized spacial score (nSPS) is 10.6. The molecule has 1 aromatic heterocycles. The Labute approximate surface area is 165 Å². The lowest BCUT2D eigenvalue weighted by atomic mass is 10.0. The van der Waals surface area contributed by atoms with Crippen molar-refractivity contribution in [3.63, 3.8) is 0 Å². The van der Waals surface area contributed by atoms with Crippen LogP contribution in [0.1, 0.15) is 41.4 Å². The van der Waals surface area contributed by atoms with E-state index in [2.05, 4.69) is 34.4 Å². The van der Waals surface area contributed by atoms with Crippen molar-refractivity contribution in [1.82, 2.24) is 9.97 Å². The zero-order valence-electron chi connectivity index (χ0n) is 16.5. The van der Waals surface area contributed by atoms with Gasteiger partial charge in [-0.15, -0.1) is 0 Å². The highest BCUT2D eigenvalue weighted by molar-refractivity contribution is 6.03. The molecule has 0 fully saturated rings. The molecule has 2 aromatic carbocycles. The van der Waals surface area contributed by atoms with Crippen molar-refractivity contribution in [3.8, 4) is 5.75 Å². The summed E-state index contributed by atoms with van der Waals surface area (Å²) in [5, 5.41) is 6.08. The Bertz CT molecular complexity index is 986. The first-order valence-corrected chi connectivity index (χ1v) is 9.13. The van der Waals surface area contributed by atoms with E-state index >= 15 is 0 Å². The molecule has 0 saturated carbocycles. The van der Waals surface area contributed by atoms with Gasteiger partial charge >= 0.3 is 0 Å². The molecule has 6 heteroatoms. The first kappa shape index (κ1) is 19.4. The van der Waals surface area contributed by atoms with Crippen molar-refractivity contribution in [3.05, 3.63) is 71.5 Å². The molecular formula is C22H24N4O2. The second kappa shape index (κ2) is 8.52. The maximum absolute atomic E-state index is 12.7. The predicted octanol–water partition coefficient (Wildman–Crippen LogP) is 4.91. The second-order valence-corrected chi connectivity index (χ2v) is 6.79. The summed E-state index contributed by atoms with van der Waals surface area (Å²) in [6.45, 7) is 6.17. The first-order chi connectivity index (χ1) is 13.5. The molecule has 0 aliphatic carbocycles. The van der Waals surface area contributed by atoms with E-state index in [-0.39, 0.29) is 11.6 Å². The topological polar surface area (TPSA) is 76.1 Å². The molecule has 144 valence electrons. The van der Waals surface area contributed by atoms with Crippen LogP contribution in [0.4, 0.5) is 17.3 Å². The smallest absolute Gasteiger partial charge is 0.274 e. The third-order valence-corrected chi connectivity index (χ3v) is 4.32. The molecule has 1 heterocycles. The van der Waals surface area contributed by atoms with Gasteiger partial charge in [0.1, 0.15) is 11.4 Å². The lowest BCUT2D eigenvalue weighted by molar-refractivity contribution is 0.102. The van der Waals surface area contributed by atoms with Gasteiger partial charge in [-0.05, 0) is 48.2 Å². The summed E-state index contributed by atoms with van der Waals surface area (Å²) < 4.78 is 5.37. The number of benzene rings is 2. The van der Waals surface area contributed by atoms with Gasteiger partial charge in [0.25, 0.3) is 5.91 Å². The van der Waals surface area contributed by atoms with Crippen LogP contribution in [-0.4, -0.2) is 23.0 Å². The monoisotopic (exact) mass is 376 g/mol. The third kappa shape index (κ3) is 4.46. The Morgan fingerprint density at radius 1 is 1.07 bits per heavy atom. The number of rotatable bonds is 6. The quantitative estimate of drug-likeness (QED) is 0.639. The number of aromatic nitrogens is 2. The van der Waals surface area contributed by atoms with Crippen molar-refractivity contribution >= 4 is 23.2 Å². The Kier molecular flexibility index (Phi) is 5.89. The fourth-order valence-corrected chi connectivity index (χ4v) is 2.89. The number of ether oxygens (including phenoxy) is 1. The number of carbonyl (C=O) groups excluding carboxylic acids is 1. The van der Waals surface area contributed by atoms with Gasteiger partial charge in [-0.2, -0.15) is 0 Å². The highest BCUT2D eigenvalue weighted by Gasteiger charge is 2.13. The Balaban J connectivity index is 1.82. The number of hydrogen-bond donors (Lipinski definition) is 2. The maximum atomic E-state index is 12.7. The van der Waals surface area contributed by atoms with Crippen LogP contribution in [-0.2, 0) is 0 Å². The molecule has 1 amide bonds. The third-order valence-electron chi connectivity index (χ3n) is 4.32. The standard InChI is InChI=1S/C22H24N4O2/c1-14(2)16-7-5-6-8-17(16)24-21(27)18-11-12-23-22(25-18)26-19-13-15(3)9-10-20(19)28-4/h5-14H,1-4H3,(H,24,27)(H,23,25,26). The number of aryl methyl sites for hydroxylation is 1. The highest BCUT2D eigenvalue weighted by atomic mass is 16.5. The molecule has 0 radical (unpaired) electrons. The molecule has 0 bridgehead atoms. The van der Waals surface area contributed by atoms with E-state index in [1.165, 1.54) is 0 Å². The van der Waals surface area contributed by atoms with Crippen LogP contribution in [0.15, 0.2) is 54.7 Å². The lowest BCUT2D eigenvalue weighted by Gasteiger charge is -2.14. The van der Waals surface area contributed by atoms with Crippen LogP contribution in [0.5, 0.6) is 5.75 Å². The maximum Gasteiger partial charge on any atom is 0.274 e. The summed E-state index contributed by atoms with van der Waals surface area (Å²) in [5.41, 5.74) is 3.96. The summed E-state index contributed by atoms with van der Waals surface area (Å²) in [4.78, 5) is 21.3. The Hall–Kier alpha value is -3.41.